The molecule has 154 valence electrons. The molecule has 1 aliphatic rings. The van der Waals surface area contributed by atoms with Gasteiger partial charge < -0.3 is 14.4 Å². The number of aromatic nitrogens is 2. The third-order valence-corrected chi connectivity index (χ3v) is 5.04. The maximum atomic E-state index is 13.1. The molecule has 1 fully saturated rings. The fraction of sp³-hybridized carbons (Fsp3) is 0.261. The molecule has 0 bridgehead atoms. The minimum atomic E-state index is -0.353. The Bertz CT molecular complexity index is 1030. The van der Waals surface area contributed by atoms with Crippen molar-refractivity contribution in [2.45, 2.75) is 12.5 Å². The van der Waals surface area contributed by atoms with Crippen LogP contribution < -0.4 is 4.74 Å². The number of benzene rings is 2. The van der Waals surface area contributed by atoms with E-state index in [1.165, 1.54) is 12.1 Å². The Balaban J connectivity index is 1.47. The van der Waals surface area contributed by atoms with E-state index in [9.17, 15) is 9.18 Å². The molecule has 0 radical (unpaired) electrons. The van der Waals surface area contributed by atoms with Gasteiger partial charge in [0.25, 0.3) is 0 Å². The number of halogens is 1. The molecule has 6 nitrogen and oxygen atoms in total. The van der Waals surface area contributed by atoms with E-state index in [4.69, 9.17) is 14.5 Å². The molecule has 1 unspecified atom stereocenters. The molecule has 0 saturated carbocycles. The van der Waals surface area contributed by atoms with Crippen LogP contribution in [0.25, 0.3) is 11.3 Å². The summed E-state index contributed by atoms with van der Waals surface area (Å²) in [7, 11) is 1.62. The van der Waals surface area contributed by atoms with Crippen LogP contribution in [0, 0.1) is 5.82 Å². The summed E-state index contributed by atoms with van der Waals surface area (Å²) in [6.07, 6.45) is 3.23. The average Bonchev–Trinajstić information content (AvgIpc) is 2.81. The van der Waals surface area contributed by atoms with Gasteiger partial charge in [-0.2, -0.15) is 0 Å². The topological polar surface area (TPSA) is 64.5 Å². The standard InChI is InChI=1S/C23H22FN3O3/c1-29-19-4-2-3-17(12-19)20-13-25-14-21(26-20)22-15-27(9-10-30-22)23(28)11-16-5-7-18(24)8-6-16/h2-8,12-14,22H,9-11,15H2,1H3. The van der Waals surface area contributed by atoms with Crippen LogP contribution in [0.4, 0.5) is 4.39 Å². The van der Waals surface area contributed by atoms with Gasteiger partial charge in [-0.25, -0.2) is 9.37 Å². The maximum absolute atomic E-state index is 13.1. The van der Waals surface area contributed by atoms with Crippen LogP contribution in [0.2, 0.25) is 0 Å². The first-order valence-electron chi connectivity index (χ1n) is 9.72. The molecular weight excluding hydrogens is 385 g/mol. The maximum Gasteiger partial charge on any atom is 0.227 e. The van der Waals surface area contributed by atoms with Crippen molar-refractivity contribution >= 4 is 5.91 Å². The third-order valence-electron chi connectivity index (χ3n) is 5.04. The first kappa shape index (κ1) is 20.0. The van der Waals surface area contributed by atoms with Crippen LogP contribution in [-0.4, -0.2) is 47.6 Å². The van der Waals surface area contributed by atoms with Crippen LogP contribution in [0.15, 0.2) is 60.9 Å². The van der Waals surface area contributed by atoms with E-state index in [1.807, 2.05) is 24.3 Å². The molecule has 1 amide bonds. The monoisotopic (exact) mass is 407 g/mol. The molecule has 1 aliphatic heterocycles. The van der Waals surface area contributed by atoms with E-state index in [0.29, 0.717) is 31.1 Å². The van der Waals surface area contributed by atoms with Crippen LogP contribution in [0.5, 0.6) is 5.75 Å². The first-order valence-corrected chi connectivity index (χ1v) is 9.72. The summed E-state index contributed by atoms with van der Waals surface area (Å²) in [5, 5.41) is 0. The number of morpholine rings is 1. The number of hydrogen-bond acceptors (Lipinski definition) is 5. The molecule has 1 saturated heterocycles. The van der Waals surface area contributed by atoms with E-state index in [2.05, 4.69) is 4.98 Å². The van der Waals surface area contributed by atoms with Crippen molar-refractivity contribution in [2.75, 3.05) is 26.8 Å². The predicted octanol–water partition coefficient (Wildman–Crippen LogP) is 3.43. The lowest BCUT2D eigenvalue weighted by Gasteiger charge is -2.32. The fourth-order valence-corrected chi connectivity index (χ4v) is 3.40. The number of hydrogen-bond donors (Lipinski definition) is 0. The van der Waals surface area contributed by atoms with Gasteiger partial charge in [-0.3, -0.25) is 9.78 Å². The summed E-state index contributed by atoms with van der Waals surface area (Å²) >= 11 is 0. The zero-order valence-corrected chi connectivity index (χ0v) is 16.6. The summed E-state index contributed by atoms with van der Waals surface area (Å²) in [6, 6.07) is 13.6. The Hall–Kier alpha value is -3.32. The number of carbonyl (C=O) groups is 1. The Morgan fingerprint density at radius 3 is 2.87 bits per heavy atom. The SMILES string of the molecule is COc1cccc(-c2cncc(C3CN(C(=O)Cc4ccc(F)cc4)CCO3)n2)c1. The molecule has 0 spiro atoms. The molecule has 2 aromatic carbocycles. The van der Waals surface area contributed by atoms with E-state index >= 15 is 0 Å². The van der Waals surface area contributed by atoms with Gasteiger partial charge in [0, 0.05) is 12.1 Å². The molecule has 1 aromatic heterocycles. The van der Waals surface area contributed by atoms with E-state index in [1.54, 1.807) is 36.5 Å². The lowest BCUT2D eigenvalue weighted by Crippen LogP contribution is -2.43. The van der Waals surface area contributed by atoms with E-state index in [-0.39, 0.29) is 24.2 Å². The highest BCUT2D eigenvalue weighted by Crippen LogP contribution is 2.25. The second-order valence-electron chi connectivity index (χ2n) is 7.06. The van der Waals surface area contributed by atoms with E-state index in [0.717, 1.165) is 16.9 Å². The van der Waals surface area contributed by atoms with Crippen molar-refractivity contribution < 1.29 is 18.7 Å². The summed E-state index contributed by atoms with van der Waals surface area (Å²) in [5.41, 5.74) is 3.06. The summed E-state index contributed by atoms with van der Waals surface area (Å²) < 4.78 is 24.2. The van der Waals surface area contributed by atoms with Gasteiger partial charge >= 0.3 is 0 Å². The predicted molar refractivity (Wildman–Crippen MR) is 109 cm³/mol. The molecule has 3 aromatic rings. The zero-order chi connectivity index (χ0) is 20.9. The molecule has 0 aliphatic carbocycles. The molecule has 4 rings (SSSR count). The van der Waals surface area contributed by atoms with Crippen molar-refractivity contribution in [1.29, 1.82) is 0 Å². The second-order valence-corrected chi connectivity index (χ2v) is 7.06. The third kappa shape index (κ3) is 4.63. The van der Waals surface area contributed by atoms with Crippen molar-refractivity contribution in [3.05, 3.63) is 78.0 Å². The highest BCUT2D eigenvalue weighted by Gasteiger charge is 2.27. The smallest absolute Gasteiger partial charge is 0.227 e. The molecule has 30 heavy (non-hydrogen) atoms. The number of methoxy groups -OCH3 is 1. The largest absolute Gasteiger partial charge is 0.497 e. The average molecular weight is 407 g/mol. The lowest BCUT2D eigenvalue weighted by atomic mass is 10.1. The van der Waals surface area contributed by atoms with Crippen molar-refractivity contribution in [3.63, 3.8) is 0 Å². The Morgan fingerprint density at radius 2 is 2.07 bits per heavy atom. The molecule has 2 heterocycles. The molecular formula is C23H22FN3O3. The highest BCUT2D eigenvalue weighted by atomic mass is 19.1. The van der Waals surface area contributed by atoms with Gasteiger partial charge in [0.1, 0.15) is 17.7 Å². The van der Waals surface area contributed by atoms with Gasteiger partial charge in [0.15, 0.2) is 0 Å². The number of ether oxygens (including phenoxy) is 2. The van der Waals surface area contributed by atoms with Gasteiger partial charge in [0.2, 0.25) is 5.91 Å². The molecule has 7 heteroatoms. The van der Waals surface area contributed by atoms with Crippen LogP contribution in [-0.2, 0) is 16.0 Å². The lowest BCUT2D eigenvalue weighted by molar-refractivity contribution is -0.138. The first-order chi connectivity index (χ1) is 14.6. The zero-order valence-electron chi connectivity index (χ0n) is 16.6. The normalized spacial score (nSPS) is 16.3. The van der Waals surface area contributed by atoms with Gasteiger partial charge in [0.05, 0.1) is 50.5 Å². The van der Waals surface area contributed by atoms with Gasteiger partial charge in [-0.05, 0) is 29.8 Å². The summed E-state index contributed by atoms with van der Waals surface area (Å²) in [6.45, 7) is 1.33. The Morgan fingerprint density at radius 1 is 1.23 bits per heavy atom. The van der Waals surface area contributed by atoms with Crippen LogP contribution >= 0.6 is 0 Å². The number of amides is 1. The number of nitrogens with zero attached hydrogens (tertiary/aromatic N) is 3. The second kappa shape index (κ2) is 9.00. The van der Waals surface area contributed by atoms with Crippen LogP contribution in [0.3, 0.4) is 0 Å². The number of rotatable bonds is 5. The quantitative estimate of drug-likeness (QED) is 0.648. The summed E-state index contributed by atoms with van der Waals surface area (Å²) in [5.74, 6) is 0.408. The van der Waals surface area contributed by atoms with Crippen molar-refractivity contribution in [2.24, 2.45) is 0 Å². The minimum Gasteiger partial charge on any atom is -0.497 e. The van der Waals surface area contributed by atoms with Crippen molar-refractivity contribution in [1.82, 2.24) is 14.9 Å². The Labute approximate surface area is 174 Å². The molecule has 1 atom stereocenters. The van der Waals surface area contributed by atoms with Crippen LogP contribution in [0.1, 0.15) is 17.4 Å². The van der Waals surface area contributed by atoms with Gasteiger partial charge in [-0.1, -0.05) is 24.3 Å². The highest BCUT2D eigenvalue weighted by molar-refractivity contribution is 5.79. The molecule has 0 N–H and O–H groups in total. The minimum absolute atomic E-state index is 0.0215. The van der Waals surface area contributed by atoms with E-state index < -0.39 is 0 Å². The van der Waals surface area contributed by atoms with Crippen molar-refractivity contribution in [3.8, 4) is 17.0 Å². The summed E-state index contributed by atoms with van der Waals surface area (Å²) in [4.78, 5) is 23.5. The number of carbonyl (C=O) groups excluding carboxylic acids is 1. The Kier molecular flexibility index (Phi) is 5.99. The van der Waals surface area contributed by atoms with Gasteiger partial charge in [-0.15, -0.1) is 0 Å². The fourth-order valence-electron chi connectivity index (χ4n) is 3.40.